The highest BCUT2D eigenvalue weighted by Gasteiger charge is 2.24. The topological polar surface area (TPSA) is 63.2 Å². The molecule has 1 heterocycles. The average molecular weight is 299 g/mol. The van der Waals surface area contributed by atoms with Crippen LogP contribution >= 0.6 is 0 Å². The van der Waals surface area contributed by atoms with E-state index in [0.29, 0.717) is 18.2 Å². The van der Waals surface area contributed by atoms with Gasteiger partial charge in [-0.2, -0.15) is 0 Å². The van der Waals surface area contributed by atoms with Crippen LogP contribution in [0, 0.1) is 0 Å². The van der Waals surface area contributed by atoms with Gasteiger partial charge >= 0.3 is 0 Å². The molecule has 0 spiro atoms. The number of ether oxygens (including phenoxy) is 1. The molecule has 1 aromatic carbocycles. The Balaban J connectivity index is 1.84. The average Bonchev–Trinajstić information content (AvgIpc) is 3.34. The van der Waals surface area contributed by atoms with Crippen molar-refractivity contribution < 1.29 is 9.53 Å². The number of benzene rings is 1. The molecule has 1 amide bonds. The lowest BCUT2D eigenvalue weighted by Gasteiger charge is -2.11. The molecule has 0 aliphatic heterocycles. The first kappa shape index (κ1) is 14.8. The van der Waals surface area contributed by atoms with Crippen LogP contribution in [-0.4, -0.2) is 37.2 Å². The van der Waals surface area contributed by atoms with Crippen LogP contribution in [0.15, 0.2) is 30.3 Å². The van der Waals surface area contributed by atoms with Gasteiger partial charge in [-0.25, -0.2) is 4.98 Å². The number of aromatic nitrogens is 1. The third-order valence-electron chi connectivity index (χ3n) is 3.70. The summed E-state index contributed by atoms with van der Waals surface area (Å²) in [5, 5.41) is 7.21. The van der Waals surface area contributed by atoms with Crippen LogP contribution in [0.25, 0.3) is 10.9 Å². The zero-order valence-electron chi connectivity index (χ0n) is 12.8. The Bertz CT molecular complexity index is 668. The number of pyridine rings is 1. The number of rotatable bonds is 7. The van der Waals surface area contributed by atoms with Crippen LogP contribution in [0.5, 0.6) is 0 Å². The number of hydrogen-bond acceptors (Lipinski definition) is 4. The van der Waals surface area contributed by atoms with Crippen molar-refractivity contribution in [2.24, 2.45) is 0 Å². The Hall–Kier alpha value is -2.14. The van der Waals surface area contributed by atoms with Gasteiger partial charge in [0, 0.05) is 31.7 Å². The van der Waals surface area contributed by atoms with Gasteiger partial charge in [-0.3, -0.25) is 4.79 Å². The van der Waals surface area contributed by atoms with E-state index in [1.54, 1.807) is 7.11 Å². The maximum absolute atomic E-state index is 12.5. The van der Waals surface area contributed by atoms with Crippen molar-refractivity contribution in [3.05, 3.63) is 35.9 Å². The second kappa shape index (κ2) is 6.75. The molecule has 1 aromatic heterocycles. The number of nitrogens with zero attached hydrogens (tertiary/aromatic N) is 1. The Morgan fingerprint density at radius 3 is 2.95 bits per heavy atom. The van der Waals surface area contributed by atoms with E-state index in [2.05, 4.69) is 15.6 Å². The summed E-state index contributed by atoms with van der Waals surface area (Å²) in [6, 6.07) is 9.93. The van der Waals surface area contributed by atoms with Gasteiger partial charge in [0.15, 0.2) is 0 Å². The number of carbonyl (C=O) groups excluding carboxylic acids is 1. The Labute approximate surface area is 130 Å². The number of nitrogens with one attached hydrogen (secondary N) is 2. The molecule has 0 unspecified atom stereocenters. The van der Waals surface area contributed by atoms with Gasteiger partial charge in [0.25, 0.3) is 5.91 Å². The molecule has 3 rings (SSSR count). The summed E-state index contributed by atoms with van der Waals surface area (Å²) in [4.78, 5) is 17.0. The Kier molecular flexibility index (Phi) is 4.53. The van der Waals surface area contributed by atoms with Crippen molar-refractivity contribution in [3.8, 4) is 0 Å². The number of carbonyl (C=O) groups is 1. The van der Waals surface area contributed by atoms with Gasteiger partial charge in [-0.1, -0.05) is 18.2 Å². The van der Waals surface area contributed by atoms with E-state index >= 15 is 0 Å². The summed E-state index contributed by atoms with van der Waals surface area (Å²) in [5.41, 5.74) is 1.52. The molecule has 116 valence electrons. The van der Waals surface area contributed by atoms with Gasteiger partial charge in [-0.15, -0.1) is 0 Å². The SMILES string of the molecule is COCCCNc1cc(C(=O)NC2CC2)c2ccccc2n1. The molecule has 1 aliphatic carbocycles. The van der Waals surface area contributed by atoms with E-state index in [4.69, 9.17) is 4.74 Å². The molecule has 5 nitrogen and oxygen atoms in total. The lowest BCUT2D eigenvalue weighted by Crippen LogP contribution is -2.25. The molecule has 1 fully saturated rings. The fourth-order valence-electron chi connectivity index (χ4n) is 2.38. The van der Waals surface area contributed by atoms with E-state index in [1.807, 2.05) is 30.3 Å². The molecule has 2 N–H and O–H groups in total. The number of amides is 1. The van der Waals surface area contributed by atoms with Crippen LogP contribution < -0.4 is 10.6 Å². The van der Waals surface area contributed by atoms with Crippen LogP contribution in [0.1, 0.15) is 29.6 Å². The van der Waals surface area contributed by atoms with Crippen LogP contribution in [-0.2, 0) is 4.74 Å². The molecule has 0 atom stereocenters. The number of fused-ring (bicyclic) bond motifs is 1. The van der Waals surface area contributed by atoms with Crippen molar-refractivity contribution >= 4 is 22.6 Å². The van der Waals surface area contributed by atoms with Crippen molar-refractivity contribution in [1.29, 1.82) is 0 Å². The summed E-state index contributed by atoms with van der Waals surface area (Å²) in [6.07, 6.45) is 3.06. The molecular formula is C17H21N3O2. The minimum Gasteiger partial charge on any atom is -0.385 e. The second-order valence-electron chi connectivity index (χ2n) is 5.59. The minimum absolute atomic E-state index is 0.0129. The van der Waals surface area contributed by atoms with Crippen molar-refractivity contribution in [2.45, 2.75) is 25.3 Å². The predicted octanol–water partition coefficient (Wildman–Crippen LogP) is 2.58. The predicted molar refractivity (Wildman–Crippen MR) is 87.2 cm³/mol. The number of anilines is 1. The lowest BCUT2D eigenvalue weighted by molar-refractivity contribution is 0.0952. The van der Waals surface area contributed by atoms with Gasteiger partial charge in [-0.05, 0) is 31.4 Å². The highest BCUT2D eigenvalue weighted by molar-refractivity contribution is 6.07. The molecule has 2 aromatic rings. The molecule has 0 bridgehead atoms. The molecular weight excluding hydrogens is 278 g/mol. The van der Waals surface area contributed by atoms with E-state index < -0.39 is 0 Å². The summed E-state index contributed by atoms with van der Waals surface area (Å²) in [7, 11) is 1.69. The summed E-state index contributed by atoms with van der Waals surface area (Å²) in [5.74, 6) is 0.719. The molecule has 1 saturated carbocycles. The highest BCUT2D eigenvalue weighted by Crippen LogP contribution is 2.23. The zero-order chi connectivity index (χ0) is 15.4. The van der Waals surface area contributed by atoms with Crippen molar-refractivity contribution in [1.82, 2.24) is 10.3 Å². The summed E-state index contributed by atoms with van der Waals surface area (Å²) < 4.78 is 5.04. The van der Waals surface area contributed by atoms with Crippen LogP contribution in [0.4, 0.5) is 5.82 Å². The summed E-state index contributed by atoms with van der Waals surface area (Å²) in [6.45, 7) is 1.47. The molecule has 0 radical (unpaired) electrons. The number of hydrogen-bond donors (Lipinski definition) is 2. The largest absolute Gasteiger partial charge is 0.385 e. The fourth-order valence-corrected chi connectivity index (χ4v) is 2.38. The van der Waals surface area contributed by atoms with Gasteiger partial charge in [0.2, 0.25) is 0 Å². The molecule has 1 aliphatic rings. The van der Waals surface area contributed by atoms with Gasteiger partial charge in [0.05, 0.1) is 11.1 Å². The van der Waals surface area contributed by atoms with E-state index in [1.165, 1.54) is 0 Å². The third kappa shape index (κ3) is 3.54. The minimum atomic E-state index is -0.0129. The van der Waals surface area contributed by atoms with Crippen LogP contribution in [0.3, 0.4) is 0 Å². The maximum Gasteiger partial charge on any atom is 0.252 e. The zero-order valence-corrected chi connectivity index (χ0v) is 12.8. The summed E-state index contributed by atoms with van der Waals surface area (Å²) >= 11 is 0. The second-order valence-corrected chi connectivity index (χ2v) is 5.59. The number of methoxy groups -OCH3 is 1. The first-order valence-corrected chi connectivity index (χ1v) is 7.71. The fraction of sp³-hybridized carbons (Fsp3) is 0.412. The van der Waals surface area contributed by atoms with E-state index in [-0.39, 0.29) is 5.91 Å². The van der Waals surface area contributed by atoms with Crippen molar-refractivity contribution in [3.63, 3.8) is 0 Å². The Morgan fingerprint density at radius 2 is 2.18 bits per heavy atom. The van der Waals surface area contributed by atoms with E-state index in [0.717, 1.165) is 42.5 Å². The lowest BCUT2D eigenvalue weighted by atomic mass is 10.1. The normalized spacial score (nSPS) is 14.0. The van der Waals surface area contributed by atoms with Crippen molar-refractivity contribution in [2.75, 3.05) is 25.6 Å². The smallest absolute Gasteiger partial charge is 0.252 e. The van der Waals surface area contributed by atoms with Gasteiger partial charge in [0.1, 0.15) is 5.82 Å². The molecule has 0 saturated heterocycles. The quantitative estimate of drug-likeness (QED) is 0.771. The Morgan fingerprint density at radius 1 is 1.36 bits per heavy atom. The maximum atomic E-state index is 12.5. The molecule has 5 heteroatoms. The highest BCUT2D eigenvalue weighted by atomic mass is 16.5. The first-order chi connectivity index (χ1) is 10.8. The number of para-hydroxylation sites is 1. The monoisotopic (exact) mass is 299 g/mol. The molecule has 22 heavy (non-hydrogen) atoms. The third-order valence-corrected chi connectivity index (χ3v) is 3.70. The van der Waals surface area contributed by atoms with Gasteiger partial charge < -0.3 is 15.4 Å². The van der Waals surface area contributed by atoms with E-state index in [9.17, 15) is 4.79 Å². The van der Waals surface area contributed by atoms with Crippen LogP contribution in [0.2, 0.25) is 0 Å². The standard InChI is InChI=1S/C17H21N3O2/c1-22-10-4-9-18-16-11-14(17(21)19-12-7-8-12)13-5-2-3-6-15(13)20-16/h2-3,5-6,11-12H,4,7-10H2,1H3,(H,18,20)(H,19,21). The first-order valence-electron chi connectivity index (χ1n) is 7.71.